The fourth-order valence-corrected chi connectivity index (χ4v) is 5.33. The van der Waals surface area contributed by atoms with Crippen LogP contribution >= 0.6 is 11.3 Å². The van der Waals surface area contributed by atoms with Gasteiger partial charge in [0.2, 0.25) is 0 Å². The number of urea groups is 1. The van der Waals surface area contributed by atoms with Crippen LogP contribution in [0.1, 0.15) is 16.6 Å². The third kappa shape index (κ3) is 3.36. The summed E-state index contributed by atoms with van der Waals surface area (Å²) in [6.45, 7) is 0.834. The summed E-state index contributed by atoms with van der Waals surface area (Å²) in [7, 11) is 4.53. The van der Waals surface area contributed by atoms with Crippen molar-refractivity contribution in [2.24, 2.45) is 0 Å². The highest BCUT2D eigenvalue weighted by atomic mass is 32.1. The fourth-order valence-electron chi connectivity index (χ4n) is 4.25. The van der Waals surface area contributed by atoms with Crippen molar-refractivity contribution in [3.8, 4) is 5.75 Å². The van der Waals surface area contributed by atoms with Crippen LogP contribution < -0.4 is 20.3 Å². The van der Waals surface area contributed by atoms with E-state index >= 15 is 0 Å². The lowest BCUT2D eigenvalue weighted by molar-refractivity contribution is 0.103. The quantitative estimate of drug-likeness (QED) is 0.614. The minimum atomic E-state index is -0.376. The Balaban J connectivity index is 1.55. The van der Waals surface area contributed by atoms with Crippen molar-refractivity contribution in [3.63, 3.8) is 0 Å². The number of nitrogens with one attached hydrogen (secondary N) is 2. The van der Waals surface area contributed by atoms with Gasteiger partial charge in [0.15, 0.2) is 10.7 Å². The van der Waals surface area contributed by atoms with E-state index in [2.05, 4.69) is 20.5 Å². The van der Waals surface area contributed by atoms with Gasteiger partial charge >= 0.3 is 12.1 Å². The standard InChI is InChI=1S/C20H22N6O5S/c1-21-17(27)24-18-22-13-6-10-8-25(20(28)30-3)9-14(16(13)32-18)26(10)19-23-12-7-11(29-2)4-5-15(12)31-19/h4-5,7,10,14H,6,8-9H2,1-3H3,(H2,21,22,24,27). The van der Waals surface area contributed by atoms with E-state index in [9.17, 15) is 9.59 Å². The number of rotatable bonds is 3. The van der Waals surface area contributed by atoms with Gasteiger partial charge in [-0.2, -0.15) is 4.98 Å². The first-order chi connectivity index (χ1) is 15.5. The zero-order valence-electron chi connectivity index (χ0n) is 17.7. The van der Waals surface area contributed by atoms with E-state index in [0.29, 0.717) is 47.5 Å². The molecule has 0 aliphatic carbocycles. The molecule has 2 unspecified atom stereocenters. The number of fused-ring (bicyclic) bond motifs is 5. The van der Waals surface area contributed by atoms with Crippen LogP contribution in [0, 0.1) is 0 Å². The zero-order valence-corrected chi connectivity index (χ0v) is 18.6. The molecule has 5 rings (SSSR count). The van der Waals surface area contributed by atoms with Crippen LogP contribution in [0.3, 0.4) is 0 Å². The maximum absolute atomic E-state index is 12.3. The molecule has 2 aliphatic rings. The van der Waals surface area contributed by atoms with Crippen molar-refractivity contribution in [2.75, 3.05) is 44.6 Å². The Morgan fingerprint density at radius 3 is 2.84 bits per heavy atom. The predicted octanol–water partition coefficient (Wildman–Crippen LogP) is 2.60. The third-order valence-electron chi connectivity index (χ3n) is 5.70. The SMILES string of the molecule is CNC(=O)Nc1nc2c(s1)C1CN(C(=O)OC)CC(C2)N1c1nc2cc(OC)ccc2o1. The second-order valence-electron chi connectivity index (χ2n) is 7.52. The van der Waals surface area contributed by atoms with Crippen molar-refractivity contribution < 1.29 is 23.5 Å². The molecule has 1 saturated heterocycles. The van der Waals surface area contributed by atoms with Gasteiger partial charge in [-0.25, -0.2) is 14.6 Å². The highest BCUT2D eigenvalue weighted by molar-refractivity contribution is 7.16. The normalized spacial score (nSPS) is 19.5. The third-order valence-corrected chi connectivity index (χ3v) is 6.81. The van der Waals surface area contributed by atoms with Crippen LogP contribution in [-0.2, 0) is 11.2 Å². The molecule has 2 atom stereocenters. The average molecular weight is 459 g/mol. The van der Waals surface area contributed by atoms with Crippen molar-refractivity contribution in [2.45, 2.75) is 18.5 Å². The first kappa shape index (κ1) is 20.4. The highest BCUT2D eigenvalue weighted by Crippen LogP contribution is 2.44. The molecule has 3 aromatic rings. The van der Waals surface area contributed by atoms with Crippen LogP contribution in [0.15, 0.2) is 22.6 Å². The summed E-state index contributed by atoms with van der Waals surface area (Å²) in [5.74, 6) is 0.697. The van der Waals surface area contributed by atoms with Crippen molar-refractivity contribution >= 4 is 45.7 Å². The minimum Gasteiger partial charge on any atom is -0.497 e. The zero-order chi connectivity index (χ0) is 22.4. The molecule has 168 valence electrons. The topological polar surface area (TPSA) is 122 Å². The molecule has 32 heavy (non-hydrogen) atoms. The minimum absolute atomic E-state index is 0.106. The average Bonchev–Trinajstić information content (AvgIpc) is 3.40. The maximum Gasteiger partial charge on any atom is 0.409 e. The Bertz CT molecular complexity index is 1190. The number of thiazole rings is 1. The number of anilines is 2. The first-order valence-corrected chi connectivity index (χ1v) is 10.9. The Kier molecular flexibility index (Phi) is 5.00. The van der Waals surface area contributed by atoms with Gasteiger partial charge in [-0.05, 0) is 12.1 Å². The van der Waals surface area contributed by atoms with E-state index in [4.69, 9.17) is 18.9 Å². The number of amides is 3. The summed E-state index contributed by atoms with van der Waals surface area (Å²) in [4.78, 5) is 38.2. The second-order valence-corrected chi connectivity index (χ2v) is 8.55. The van der Waals surface area contributed by atoms with Crippen molar-refractivity contribution in [3.05, 3.63) is 28.8 Å². The molecule has 2 aromatic heterocycles. The Labute approximate surface area is 187 Å². The van der Waals surface area contributed by atoms with Crippen LogP contribution in [0.25, 0.3) is 11.1 Å². The predicted molar refractivity (Wildman–Crippen MR) is 117 cm³/mol. The molecule has 0 saturated carbocycles. The van der Waals surface area contributed by atoms with Gasteiger partial charge < -0.3 is 29.0 Å². The molecule has 0 spiro atoms. The van der Waals surface area contributed by atoms with E-state index < -0.39 is 0 Å². The number of oxazole rings is 1. The lowest BCUT2D eigenvalue weighted by Gasteiger charge is -2.47. The molecule has 0 radical (unpaired) electrons. The smallest absolute Gasteiger partial charge is 0.409 e. The lowest BCUT2D eigenvalue weighted by Crippen LogP contribution is -2.59. The largest absolute Gasteiger partial charge is 0.497 e. The maximum atomic E-state index is 12.3. The number of hydrogen-bond donors (Lipinski definition) is 2. The van der Waals surface area contributed by atoms with E-state index in [1.807, 2.05) is 18.2 Å². The van der Waals surface area contributed by atoms with E-state index in [-0.39, 0.29) is 24.2 Å². The molecule has 2 bridgehead atoms. The van der Waals surface area contributed by atoms with Gasteiger partial charge in [0.05, 0.1) is 36.9 Å². The van der Waals surface area contributed by atoms with Crippen molar-refractivity contribution in [1.82, 2.24) is 20.2 Å². The molecule has 1 aromatic carbocycles. The van der Waals surface area contributed by atoms with E-state index in [0.717, 1.165) is 10.6 Å². The second kappa shape index (κ2) is 7.86. The first-order valence-electron chi connectivity index (χ1n) is 10.0. The molecule has 4 heterocycles. The summed E-state index contributed by atoms with van der Waals surface area (Å²) < 4.78 is 16.4. The molecule has 11 nitrogen and oxygen atoms in total. The van der Waals surface area contributed by atoms with E-state index in [1.54, 1.807) is 19.1 Å². The number of benzene rings is 1. The molecule has 3 amide bonds. The number of aromatic nitrogens is 2. The molecular weight excluding hydrogens is 436 g/mol. The molecule has 12 heteroatoms. The van der Waals surface area contributed by atoms with Crippen molar-refractivity contribution in [1.29, 1.82) is 0 Å². The monoisotopic (exact) mass is 458 g/mol. The van der Waals surface area contributed by atoms with Gasteiger partial charge in [-0.1, -0.05) is 11.3 Å². The van der Waals surface area contributed by atoms with Gasteiger partial charge in [-0.15, -0.1) is 0 Å². The molecule has 2 aliphatic heterocycles. The number of carbonyl (C=O) groups is 2. The number of methoxy groups -OCH3 is 2. The fraction of sp³-hybridized carbons (Fsp3) is 0.400. The molecule has 2 N–H and O–H groups in total. The summed E-state index contributed by atoms with van der Waals surface area (Å²) in [5, 5.41) is 5.78. The Morgan fingerprint density at radius 2 is 2.09 bits per heavy atom. The van der Waals surface area contributed by atoms with Crippen LogP contribution in [0.4, 0.5) is 20.7 Å². The molecular formula is C20H22N6O5S. The lowest BCUT2D eigenvalue weighted by atomic mass is 9.94. The summed E-state index contributed by atoms with van der Waals surface area (Å²) in [6.07, 6.45) is 0.200. The van der Waals surface area contributed by atoms with Gasteiger partial charge in [-0.3, -0.25) is 5.32 Å². The molecule has 1 fully saturated rings. The summed E-state index contributed by atoms with van der Waals surface area (Å²) >= 11 is 1.39. The summed E-state index contributed by atoms with van der Waals surface area (Å²) in [6, 6.07) is 5.29. The number of piperazine rings is 1. The van der Waals surface area contributed by atoms with Gasteiger partial charge in [0.1, 0.15) is 11.3 Å². The van der Waals surface area contributed by atoms with Crippen LogP contribution in [-0.4, -0.2) is 67.4 Å². The number of nitrogens with zero attached hydrogens (tertiary/aromatic N) is 4. The number of carbonyl (C=O) groups excluding carboxylic acids is 2. The number of ether oxygens (including phenoxy) is 2. The van der Waals surface area contributed by atoms with Crippen LogP contribution in [0.2, 0.25) is 0 Å². The van der Waals surface area contributed by atoms with Crippen LogP contribution in [0.5, 0.6) is 5.75 Å². The summed E-state index contributed by atoms with van der Waals surface area (Å²) in [5.41, 5.74) is 2.26. The van der Waals surface area contributed by atoms with Gasteiger partial charge in [0.25, 0.3) is 6.01 Å². The van der Waals surface area contributed by atoms with Gasteiger partial charge in [0, 0.05) is 32.6 Å². The Morgan fingerprint density at radius 1 is 1.25 bits per heavy atom. The Hall–Kier alpha value is -3.54. The highest BCUT2D eigenvalue weighted by Gasteiger charge is 2.46. The van der Waals surface area contributed by atoms with E-state index in [1.165, 1.54) is 18.4 Å². The number of hydrogen-bond acceptors (Lipinski definition) is 9.